The molecule has 0 unspecified atom stereocenters. The maximum absolute atomic E-state index is 5.92. The highest BCUT2D eigenvalue weighted by Gasteiger charge is 2.32. The van der Waals surface area contributed by atoms with Crippen LogP contribution in [0, 0.1) is 13.8 Å². The van der Waals surface area contributed by atoms with Gasteiger partial charge in [-0.25, -0.2) is 4.98 Å². The molecule has 1 N–H and O–H groups in total. The number of aryl methyl sites for hydroxylation is 2. The van der Waals surface area contributed by atoms with Gasteiger partial charge >= 0.3 is 0 Å². The summed E-state index contributed by atoms with van der Waals surface area (Å²) >= 11 is 0. The Balaban J connectivity index is 1.52. The van der Waals surface area contributed by atoms with Gasteiger partial charge in [0.05, 0.1) is 17.5 Å². The summed E-state index contributed by atoms with van der Waals surface area (Å²) in [5, 5.41) is 12.6. The van der Waals surface area contributed by atoms with Gasteiger partial charge in [-0.15, -0.1) is 0 Å². The maximum atomic E-state index is 5.92. The summed E-state index contributed by atoms with van der Waals surface area (Å²) in [5.74, 6) is 0.979. The second kappa shape index (κ2) is 9.18. The predicted octanol–water partition coefficient (Wildman–Crippen LogP) is 3.67. The third-order valence-corrected chi connectivity index (χ3v) is 6.29. The molecule has 1 saturated carbocycles. The van der Waals surface area contributed by atoms with Crippen molar-refractivity contribution in [3.05, 3.63) is 35.7 Å². The van der Waals surface area contributed by atoms with Gasteiger partial charge in [-0.1, -0.05) is 19.3 Å². The molecule has 156 valence electrons. The zero-order valence-electron chi connectivity index (χ0n) is 17.9. The number of aromatic nitrogens is 3. The molecular weight excluding hydrogens is 362 g/mol. The number of anilines is 1. The van der Waals surface area contributed by atoms with Gasteiger partial charge in [-0.05, 0) is 56.9 Å². The van der Waals surface area contributed by atoms with E-state index in [2.05, 4.69) is 33.4 Å². The summed E-state index contributed by atoms with van der Waals surface area (Å²) in [6.45, 7) is 5.83. The lowest BCUT2D eigenvalue weighted by molar-refractivity contribution is 0.0534. The van der Waals surface area contributed by atoms with E-state index in [-0.39, 0.29) is 6.10 Å². The Kier molecular flexibility index (Phi) is 6.40. The van der Waals surface area contributed by atoms with E-state index in [0.29, 0.717) is 12.1 Å². The highest BCUT2D eigenvalue weighted by atomic mass is 16.5. The summed E-state index contributed by atoms with van der Waals surface area (Å²) in [6.07, 6.45) is 9.83. The average Bonchev–Trinajstić information content (AvgIpc) is 2.75. The molecule has 0 bridgehead atoms. The van der Waals surface area contributed by atoms with E-state index >= 15 is 0 Å². The second-order valence-corrected chi connectivity index (χ2v) is 8.56. The molecule has 3 heterocycles. The molecule has 0 amide bonds. The quantitative estimate of drug-likeness (QED) is 0.833. The number of hydrogen-bond acceptors (Lipinski definition) is 6. The van der Waals surface area contributed by atoms with Crippen LogP contribution in [0.25, 0.3) is 11.3 Å². The van der Waals surface area contributed by atoms with Crippen molar-refractivity contribution < 1.29 is 4.74 Å². The molecule has 1 aliphatic carbocycles. The molecule has 29 heavy (non-hydrogen) atoms. The van der Waals surface area contributed by atoms with Crippen LogP contribution in [0.15, 0.2) is 24.4 Å². The molecule has 6 heteroatoms. The summed E-state index contributed by atoms with van der Waals surface area (Å²) in [5.41, 5.74) is 3.97. The zero-order valence-corrected chi connectivity index (χ0v) is 17.9. The van der Waals surface area contributed by atoms with E-state index in [1.807, 2.05) is 32.4 Å². The molecule has 2 fully saturated rings. The minimum Gasteiger partial charge on any atom is -0.378 e. The van der Waals surface area contributed by atoms with Crippen LogP contribution in [-0.2, 0) is 4.74 Å². The number of nitrogens with one attached hydrogen (secondary N) is 1. The maximum Gasteiger partial charge on any atom is 0.138 e. The fourth-order valence-electron chi connectivity index (χ4n) is 4.66. The zero-order chi connectivity index (χ0) is 20.2. The van der Waals surface area contributed by atoms with Crippen molar-refractivity contribution in [2.75, 3.05) is 25.1 Å². The van der Waals surface area contributed by atoms with Gasteiger partial charge in [0.15, 0.2) is 0 Å². The molecule has 0 spiro atoms. The highest BCUT2D eigenvalue weighted by molar-refractivity contribution is 5.73. The van der Waals surface area contributed by atoms with Crippen LogP contribution in [0.3, 0.4) is 0 Å². The second-order valence-electron chi connectivity index (χ2n) is 8.56. The Hall–Kier alpha value is -2.05. The Bertz CT molecular complexity index is 803. The van der Waals surface area contributed by atoms with Gasteiger partial charge in [0.25, 0.3) is 0 Å². The van der Waals surface area contributed by atoms with Crippen LogP contribution >= 0.6 is 0 Å². The standard InChI is InChI=1S/C23H33N5O/c1-16-13-19(20-10-9-17(2)26-27-20)23(24-14-16)28-12-11-21(22(15-28)29-3)25-18-7-5-4-6-8-18/h9-10,13-14,18,21-22,25H,4-8,11-12,15H2,1-3H3/t21-,22-/m1/s1. The highest BCUT2D eigenvalue weighted by Crippen LogP contribution is 2.31. The fraction of sp³-hybridized carbons (Fsp3) is 0.609. The molecular formula is C23H33N5O. The first-order valence-electron chi connectivity index (χ1n) is 10.9. The van der Waals surface area contributed by atoms with Gasteiger partial charge in [0.1, 0.15) is 5.82 Å². The van der Waals surface area contributed by atoms with Gasteiger partial charge < -0.3 is 15.0 Å². The molecule has 6 nitrogen and oxygen atoms in total. The molecule has 1 aliphatic heterocycles. The predicted molar refractivity (Wildman–Crippen MR) is 116 cm³/mol. The van der Waals surface area contributed by atoms with Gasteiger partial charge in [0, 0.05) is 44.0 Å². The third-order valence-electron chi connectivity index (χ3n) is 6.29. The van der Waals surface area contributed by atoms with E-state index in [1.54, 1.807) is 0 Å². The average molecular weight is 396 g/mol. The van der Waals surface area contributed by atoms with E-state index in [0.717, 1.165) is 47.8 Å². The number of methoxy groups -OCH3 is 1. The molecule has 1 saturated heterocycles. The van der Waals surface area contributed by atoms with Crippen molar-refractivity contribution in [3.8, 4) is 11.3 Å². The summed E-state index contributed by atoms with van der Waals surface area (Å²) in [6, 6.07) is 7.26. The first-order chi connectivity index (χ1) is 14.1. The first kappa shape index (κ1) is 20.2. The topological polar surface area (TPSA) is 63.2 Å². The number of pyridine rings is 1. The monoisotopic (exact) mass is 395 g/mol. The van der Waals surface area contributed by atoms with Crippen LogP contribution in [0.5, 0.6) is 0 Å². The van der Waals surface area contributed by atoms with E-state index < -0.39 is 0 Å². The van der Waals surface area contributed by atoms with Gasteiger partial charge in [-0.3, -0.25) is 0 Å². The Labute approximate surface area is 174 Å². The van der Waals surface area contributed by atoms with Crippen LogP contribution in [-0.4, -0.2) is 53.6 Å². The van der Waals surface area contributed by atoms with Crippen molar-refractivity contribution >= 4 is 5.82 Å². The fourth-order valence-corrected chi connectivity index (χ4v) is 4.66. The van der Waals surface area contributed by atoms with Crippen molar-refractivity contribution in [2.24, 2.45) is 0 Å². The summed E-state index contributed by atoms with van der Waals surface area (Å²) < 4.78 is 5.92. The Morgan fingerprint density at radius 3 is 2.62 bits per heavy atom. The number of ether oxygens (including phenoxy) is 1. The molecule has 2 aliphatic rings. The molecule has 0 radical (unpaired) electrons. The third kappa shape index (κ3) is 4.75. The van der Waals surface area contributed by atoms with Gasteiger partial charge in [0.2, 0.25) is 0 Å². The normalized spacial score (nSPS) is 23.3. The molecule has 2 aromatic rings. The van der Waals surface area contributed by atoms with Gasteiger partial charge in [-0.2, -0.15) is 10.2 Å². The Morgan fingerprint density at radius 2 is 1.90 bits per heavy atom. The number of rotatable bonds is 5. The minimum atomic E-state index is 0.158. The molecule has 4 rings (SSSR count). The molecule has 2 atom stereocenters. The lowest BCUT2D eigenvalue weighted by atomic mass is 9.92. The number of hydrogen-bond donors (Lipinski definition) is 1. The number of piperidine rings is 1. The van der Waals surface area contributed by atoms with Crippen LogP contribution < -0.4 is 10.2 Å². The van der Waals surface area contributed by atoms with Crippen molar-refractivity contribution in [2.45, 2.75) is 70.6 Å². The lowest BCUT2D eigenvalue weighted by Gasteiger charge is -2.41. The molecule has 2 aromatic heterocycles. The minimum absolute atomic E-state index is 0.158. The van der Waals surface area contributed by atoms with Crippen LogP contribution in [0.1, 0.15) is 49.8 Å². The SMILES string of the molecule is CO[C@@H]1CN(c2ncc(C)cc2-c2ccc(C)nn2)CC[C@H]1NC1CCCCC1. The van der Waals surface area contributed by atoms with Crippen molar-refractivity contribution in [1.82, 2.24) is 20.5 Å². The Morgan fingerprint density at radius 1 is 1.07 bits per heavy atom. The number of nitrogens with zero attached hydrogens (tertiary/aromatic N) is 4. The van der Waals surface area contributed by atoms with E-state index in [9.17, 15) is 0 Å². The van der Waals surface area contributed by atoms with Crippen LogP contribution in [0.2, 0.25) is 0 Å². The van der Waals surface area contributed by atoms with Crippen molar-refractivity contribution in [1.29, 1.82) is 0 Å². The van der Waals surface area contributed by atoms with Crippen LogP contribution in [0.4, 0.5) is 5.82 Å². The summed E-state index contributed by atoms with van der Waals surface area (Å²) in [4.78, 5) is 7.14. The van der Waals surface area contributed by atoms with E-state index in [4.69, 9.17) is 9.72 Å². The molecule has 0 aromatic carbocycles. The summed E-state index contributed by atoms with van der Waals surface area (Å²) in [7, 11) is 1.83. The first-order valence-corrected chi connectivity index (χ1v) is 10.9. The van der Waals surface area contributed by atoms with E-state index in [1.165, 1.54) is 32.1 Å². The smallest absolute Gasteiger partial charge is 0.138 e. The lowest BCUT2D eigenvalue weighted by Crippen LogP contribution is -2.56. The largest absolute Gasteiger partial charge is 0.378 e. The van der Waals surface area contributed by atoms with Crippen molar-refractivity contribution in [3.63, 3.8) is 0 Å².